The van der Waals surface area contributed by atoms with Crippen molar-refractivity contribution in [2.24, 2.45) is 10.9 Å². The molecule has 0 saturated heterocycles. The number of hydrogen-bond donors (Lipinski definition) is 0. The molecule has 1 aliphatic rings. The van der Waals surface area contributed by atoms with Gasteiger partial charge in [0.25, 0.3) is 0 Å². The minimum atomic E-state index is 0.0369. The smallest absolute Gasteiger partial charge is 0.171 e. The maximum atomic E-state index is 12.4. The van der Waals surface area contributed by atoms with Crippen LogP contribution in [-0.4, -0.2) is 6.47 Å². The summed E-state index contributed by atoms with van der Waals surface area (Å²) in [5.74, 6) is 0.506. The molecule has 1 aromatic rings. The Labute approximate surface area is 96.4 Å². The third kappa shape index (κ3) is 2.16. The molecule has 1 aromatic carbocycles. The first kappa shape index (κ1) is 11.3. The molecule has 1 aliphatic carbocycles. The molecule has 0 N–H and O–H groups in total. The second-order valence-corrected chi connectivity index (χ2v) is 4.48. The summed E-state index contributed by atoms with van der Waals surface area (Å²) in [6, 6.07) is 8.34. The van der Waals surface area contributed by atoms with Crippen molar-refractivity contribution in [1.29, 1.82) is 0 Å². The summed E-state index contributed by atoms with van der Waals surface area (Å²) >= 11 is 0. The summed E-state index contributed by atoms with van der Waals surface area (Å²) in [5, 5.41) is 0. The van der Waals surface area contributed by atoms with E-state index in [4.69, 9.17) is 0 Å². The summed E-state index contributed by atoms with van der Waals surface area (Å²) in [7, 11) is 0. The number of halogens is 1. The molecule has 86 valence electrons. The molecule has 0 saturated carbocycles. The zero-order valence-corrected chi connectivity index (χ0v) is 9.70. The van der Waals surface area contributed by atoms with Crippen molar-refractivity contribution in [3.8, 4) is 0 Å². The lowest BCUT2D eigenvalue weighted by Gasteiger charge is -2.30. The molecule has 2 atom stereocenters. The minimum Gasteiger partial charge on any atom is -0.256 e. The van der Waals surface area contributed by atoms with Crippen LogP contribution in [0.5, 0.6) is 0 Å². The molecule has 0 heterocycles. The van der Waals surface area contributed by atoms with Gasteiger partial charge in [0.05, 0.1) is 6.04 Å². The Kier molecular flexibility index (Phi) is 3.70. The molecular weight excluding hydrogens is 201 g/mol. The van der Waals surface area contributed by atoms with Crippen LogP contribution in [0.2, 0.25) is 0 Å². The summed E-state index contributed by atoms with van der Waals surface area (Å²) in [6.07, 6.45) is 4.52. The van der Waals surface area contributed by atoms with Crippen LogP contribution < -0.4 is 0 Å². The lowest BCUT2D eigenvalue weighted by Crippen LogP contribution is -2.19. The largest absolute Gasteiger partial charge is 0.256 e. The first-order chi connectivity index (χ1) is 7.86. The van der Waals surface area contributed by atoms with E-state index in [1.807, 2.05) is 6.07 Å². The van der Waals surface area contributed by atoms with Crippen LogP contribution in [0.4, 0.5) is 4.39 Å². The maximum absolute atomic E-state index is 12.4. The van der Waals surface area contributed by atoms with Crippen molar-refractivity contribution in [3.63, 3.8) is 0 Å². The van der Waals surface area contributed by atoms with Gasteiger partial charge in [-0.15, -0.1) is 0 Å². The van der Waals surface area contributed by atoms with Crippen molar-refractivity contribution >= 4 is 6.47 Å². The van der Waals surface area contributed by atoms with Gasteiger partial charge in [0.1, 0.15) is 0 Å². The van der Waals surface area contributed by atoms with Crippen molar-refractivity contribution < 1.29 is 4.39 Å². The van der Waals surface area contributed by atoms with Crippen molar-refractivity contribution in [3.05, 3.63) is 35.4 Å². The molecule has 0 amide bonds. The van der Waals surface area contributed by atoms with Crippen LogP contribution in [0.1, 0.15) is 43.4 Å². The predicted molar refractivity (Wildman–Crippen MR) is 65.5 cm³/mol. The summed E-state index contributed by atoms with van der Waals surface area (Å²) in [5.41, 5.74) is 2.56. The third-order valence-corrected chi connectivity index (χ3v) is 3.48. The average Bonchev–Trinajstić information content (AvgIpc) is 2.32. The first-order valence-electron chi connectivity index (χ1n) is 6.06. The summed E-state index contributed by atoms with van der Waals surface area (Å²) in [4.78, 5) is 4.03. The molecule has 0 bridgehead atoms. The maximum Gasteiger partial charge on any atom is 0.171 e. The number of hydrogen-bond acceptors (Lipinski definition) is 1. The van der Waals surface area contributed by atoms with Crippen LogP contribution >= 0.6 is 0 Å². The van der Waals surface area contributed by atoms with Crippen molar-refractivity contribution in [2.75, 3.05) is 0 Å². The normalized spacial score (nSPS) is 24.6. The van der Waals surface area contributed by atoms with E-state index in [-0.39, 0.29) is 6.04 Å². The average molecular weight is 219 g/mol. The van der Waals surface area contributed by atoms with Gasteiger partial charge in [-0.3, -0.25) is 4.99 Å². The van der Waals surface area contributed by atoms with Gasteiger partial charge >= 0.3 is 0 Å². The molecule has 1 nitrogen and oxygen atoms in total. The van der Waals surface area contributed by atoms with Crippen LogP contribution in [0.3, 0.4) is 0 Å². The van der Waals surface area contributed by atoms with Gasteiger partial charge in [0.15, 0.2) is 6.47 Å². The number of aliphatic imine (C=N–C) groups is 1. The van der Waals surface area contributed by atoms with Crippen LogP contribution in [0.25, 0.3) is 0 Å². The zero-order valence-electron chi connectivity index (χ0n) is 9.70. The molecule has 0 radical (unpaired) electrons. The Hall–Kier alpha value is -1.18. The fraction of sp³-hybridized carbons (Fsp3) is 0.500. The van der Waals surface area contributed by atoms with Crippen molar-refractivity contribution in [1.82, 2.24) is 0 Å². The van der Waals surface area contributed by atoms with Gasteiger partial charge in [0.2, 0.25) is 0 Å². The molecule has 0 aliphatic heterocycles. The highest BCUT2D eigenvalue weighted by molar-refractivity contribution is 5.46. The van der Waals surface area contributed by atoms with E-state index in [2.05, 4.69) is 30.1 Å². The number of benzene rings is 1. The Bertz CT molecular complexity index is 373. The molecular formula is C14H18FN. The van der Waals surface area contributed by atoms with E-state index in [0.29, 0.717) is 12.4 Å². The first-order valence-corrected chi connectivity index (χ1v) is 6.06. The second-order valence-electron chi connectivity index (χ2n) is 4.48. The van der Waals surface area contributed by atoms with E-state index < -0.39 is 0 Å². The van der Waals surface area contributed by atoms with Gasteiger partial charge in [-0.2, -0.15) is 4.39 Å². The topological polar surface area (TPSA) is 12.4 Å². The van der Waals surface area contributed by atoms with Gasteiger partial charge in [-0.05, 0) is 36.3 Å². The molecule has 2 unspecified atom stereocenters. The third-order valence-electron chi connectivity index (χ3n) is 3.48. The lowest BCUT2D eigenvalue weighted by molar-refractivity contribution is 0.353. The standard InChI is InChI=1S/C14H18FN/c1-2-5-12-9-8-11-6-3-4-7-13(11)14(12)16-10-15/h3-4,6-7,10,12,14H,2,5,8-9H2,1H3. The number of fused-ring (bicyclic) bond motifs is 1. The summed E-state index contributed by atoms with van der Waals surface area (Å²) < 4.78 is 12.4. The van der Waals surface area contributed by atoms with E-state index in [1.165, 1.54) is 11.1 Å². The molecule has 0 fully saturated rings. The molecule has 2 rings (SSSR count). The zero-order chi connectivity index (χ0) is 11.4. The monoisotopic (exact) mass is 219 g/mol. The fourth-order valence-corrected chi connectivity index (χ4v) is 2.74. The Morgan fingerprint density at radius 2 is 2.25 bits per heavy atom. The molecule has 0 aromatic heterocycles. The number of nitrogens with zero attached hydrogens (tertiary/aromatic N) is 1. The van der Waals surface area contributed by atoms with E-state index in [1.54, 1.807) is 0 Å². The highest BCUT2D eigenvalue weighted by atomic mass is 19.1. The van der Waals surface area contributed by atoms with Crippen LogP contribution in [0.15, 0.2) is 29.3 Å². The Morgan fingerprint density at radius 3 is 3.00 bits per heavy atom. The van der Waals surface area contributed by atoms with Crippen LogP contribution in [-0.2, 0) is 6.42 Å². The fourth-order valence-electron chi connectivity index (χ4n) is 2.74. The number of rotatable bonds is 3. The Morgan fingerprint density at radius 1 is 1.44 bits per heavy atom. The lowest BCUT2D eigenvalue weighted by atomic mass is 9.78. The van der Waals surface area contributed by atoms with Gasteiger partial charge in [-0.25, -0.2) is 0 Å². The minimum absolute atomic E-state index is 0.0369. The highest BCUT2D eigenvalue weighted by Crippen LogP contribution is 2.39. The van der Waals surface area contributed by atoms with Gasteiger partial charge in [0, 0.05) is 0 Å². The van der Waals surface area contributed by atoms with E-state index >= 15 is 0 Å². The van der Waals surface area contributed by atoms with E-state index in [9.17, 15) is 4.39 Å². The van der Waals surface area contributed by atoms with Crippen molar-refractivity contribution in [2.45, 2.75) is 38.6 Å². The van der Waals surface area contributed by atoms with Gasteiger partial charge < -0.3 is 0 Å². The molecule has 2 heteroatoms. The molecule has 16 heavy (non-hydrogen) atoms. The quantitative estimate of drug-likeness (QED) is 0.679. The second kappa shape index (κ2) is 5.24. The van der Waals surface area contributed by atoms with Crippen LogP contribution in [0, 0.1) is 5.92 Å². The van der Waals surface area contributed by atoms with Gasteiger partial charge in [-0.1, -0.05) is 37.6 Å². The SMILES string of the molecule is CCCC1CCc2ccccc2C1N=CF. The predicted octanol–water partition coefficient (Wildman–Crippen LogP) is 4.09. The highest BCUT2D eigenvalue weighted by Gasteiger charge is 2.27. The van der Waals surface area contributed by atoms with E-state index in [0.717, 1.165) is 25.7 Å². The Balaban J connectivity index is 2.31. The summed E-state index contributed by atoms with van der Waals surface area (Å²) in [6.45, 7) is 2.64. The number of aryl methyl sites for hydroxylation is 1. The molecule has 0 spiro atoms.